The van der Waals surface area contributed by atoms with Gasteiger partial charge in [0.05, 0.1) is 5.75 Å². The number of hydrogen-bond donors (Lipinski definition) is 2. The van der Waals surface area contributed by atoms with Crippen LogP contribution in [-0.2, 0) is 4.79 Å². The van der Waals surface area contributed by atoms with E-state index in [-0.39, 0.29) is 24.1 Å². The number of anilines is 2. The third-order valence-electron chi connectivity index (χ3n) is 3.47. The lowest BCUT2D eigenvalue weighted by Gasteiger charge is -2.05. The number of fused-ring (bicyclic) bond motifs is 1. The van der Waals surface area contributed by atoms with Crippen LogP contribution in [0, 0.1) is 6.92 Å². The number of benzene rings is 1. The third kappa shape index (κ3) is 4.23. The number of carbonyl (C=O) groups is 2. The van der Waals surface area contributed by atoms with Gasteiger partial charge in [0.2, 0.25) is 17.8 Å². The molecule has 4 rings (SSSR count). The molecule has 0 saturated carbocycles. The van der Waals surface area contributed by atoms with Crippen LogP contribution < -0.4 is 20.1 Å². The molecule has 1 aromatic carbocycles. The van der Waals surface area contributed by atoms with E-state index in [1.807, 2.05) is 0 Å². The highest BCUT2D eigenvalue weighted by molar-refractivity contribution is 8.01. The highest BCUT2D eigenvalue weighted by Gasteiger charge is 2.16. The molecular weight excluding hydrogens is 406 g/mol. The van der Waals surface area contributed by atoms with E-state index in [4.69, 9.17) is 14.0 Å². The summed E-state index contributed by atoms with van der Waals surface area (Å²) in [5, 5.41) is 17.1. The monoisotopic (exact) mass is 419 g/mol. The fourth-order valence-corrected chi connectivity index (χ4v) is 3.80. The molecule has 10 nitrogen and oxygen atoms in total. The van der Waals surface area contributed by atoms with Crippen LogP contribution in [0.1, 0.15) is 16.2 Å². The minimum absolute atomic E-state index is 0.138. The van der Waals surface area contributed by atoms with Gasteiger partial charge in [-0.15, -0.1) is 10.2 Å². The van der Waals surface area contributed by atoms with Crippen molar-refractivity contribution in [2.75, 3.05) is 23.2 Å². The molecule has 3 aromatic rings. The highest BCUT2D eigenvalue weighted by Crippen LogP contribution is 2.34. The van der Waals surface area contributed by atoms with Gasteiger partial charge in [-0.2, -0.15) is 0 Å². The first-order valence-corrected chi connectivity index (χ1v) is 9.77. The molecule has 12 heteroatoms. The number of thioether (sulfide) groups is 1. The molecule has 1 aliphatic heterocycles. The number of aryl methyl sites for hydroxylation is 1. The van der Waals surface area contributed by atoms with Gasteiger partial charge < -0.3 is 19.3 Å². The molecule has 3 heterocycles. The number of aromatic nitrogens is 3. The Morgan fingerprint density at radius 3 is 2.86 bits per heavy atom. The van der Waals surface area contributed by atoms with Crippen LogP contribution in [0.3, 0.4) is 0 Å². The first-order chi connectivity index (χ1) is 13.6. The van der Waals surface area contributed by atoms with E-state index in [2.05, 4.69) is 26.0 Å². The molecule has 0 bridgehead atoms. The molecule has 0 aliphatic carbocycles. The van der Waals surface area contributed by atoms with E-state index in [1.165, 1.54) is 17.8 Å². The largest absolute Gasteiger partial charge is 0.454 e. The van der Waals surface area contributed by atoms with Crippen molar-refractivity contribution in [3.05, 3.63) is 35.7 Å². The Kier molecular flexibility index (Phi) is 5.12. The molecule has 0 spiro atoms. The van der Waals surface area contributed by atoms with E-state index >= 15 is 0 Å². The molecule has 0 saturated heterocycles. The fourth-order valence-electron chi connectivity index (χ4n) is 2.25. The molecule has 0 radical (unpaired) electrons. The van der Waals surface area contributed by atoms with Gasteiger partial charge in [0, 0.05) is 17.8 Å². The van der Waals surface area contributed by atoms with Crippen molar-refractivity contribution < 1.29 is 23.6 Å². The smallest absolute Gasteiger partial charge is 0.279 e. The van der Waals surface area contributed by atoms with Gasteiger partial charge in [0.25, 0.3) is 5.91 Å². The summed E-state index contributed by atoms with van der Waals surface area (Å²) in [5.74, 6) is 1.27. The fraction of sp³-hybridized carbons (Fsp3) is 0.188. The standard InChI is InChI=1S/C16H13N5O5S2/c1-8-4-10(21-26-8)14(23)18-15-19-20-16(28-15)27-6-13(22)17-9-2-3-11-12(5-9)25-7-24-11/h2-5H,6-7H2,1H3,(H,17,22)(H,18,19,23). The van der Waals surface area contributed by atoms with Crippen LogP contribution in [0.15, 0.2) is 33.1 Å². The van der Waals surface area contributed by atoms with Gasteiger partial charge in [0.15, 0.2) is 21.5 Å². The maximum Gasteiger partial charge on any atom is 0.279 e. The van der Waals surface area contributed by atoms with Crippen LogP contribution in [-0.4, -0.2) is 39.7 Å². The predicted molar refractivity (Wildman–Crippen MR) is 101 cm³/mol. The summed E-state index contributed by atoms with van der Waals surface area (Å²) in [7, 11) is 0. The van der Waals surface area contributed by atoms with E-state index in [1.54, 1.807) is 25.1 Å². The Morgan fingerprint density at radius 1 is 1.18 bits per heavy atom. The van der Waals surface area contributed by atoms with Crippen LogP contribution >= 0.6 is 23.1 Å². The summed E-state index contributed by atoms with van der Waals surface area (Å²) in [4.78, 5) is 24.1. The second-order valence-electron chi connectivity index (χ2n) is 5.55. The Bertz CT molecular complexity index is 1030. The van der Waals surface area contributed by atoms with Crippen LogP contribution in [0.2, 0.25) is 0 Å². The number of ether oxygens (including phenoxy) is 2. The number of nitrogens with zero attached hydrogens (tertiary/aromatic N) is 3. The lowest BCUT2D eigenvalue weighted by molar-refractivity contribution is -0.113. The number of amides is 2. The summed E-state index contributed by atoms with van der Waals surface area (Å²) >= 11 is 2.37. The minimum Gasteiger partial charge on any atom is -0.454 e. The van der Waals surface area contributed by atoms with Crippen molar-refractivity contribution in [2.24, 2.45) is 0 Å². The molecule has 144 valence electrons. The second-order valence-corrected chi connectivity index (χ2v) is 7.75. The Balaban J connectivity index is 1.28. The van der Waals surface area contributed by atoms with E-state index in [0.717, 1.165) is 11.3 Å². The molecule has 0 unspecified atom stereocenters. The topological polar surface area (TPSA) is 128 Å². The number of carbonyl (C=O) groups excluding carboxylic acids is 2. The average molecular weight is 419 g/mol. The molecule has 28 heavy (non-hydrogen) atoms. The lowest BCUT2D eigenvalue weighted by Crippen LogP contribution is -2.13. The summed E-state index contributed by atoms with van der Waals surface area (Å²) in [6.45, 7) is 1.87. The molecule has 0 fully saturated rings. The summed E-state index contributed by atoms with van der Waals surface area (Å²) in [6, 6.07) is 6.70. The maximum atomic E-state index is 12.1. The number of nitrogens with one attached hydrogen (secondary N) is 2. The molecule has 0 atom stereocenters. The Morgan fingerprint density at radius 2 is 2.04 bits per heavy atom. The zero-order chi connectivity index (χ0) is 19.5. The zero-order valence-electron chi connectivity index (χ0n) is 14.4. The Hall–Kier alpha value is -3.12. The van der Waals surface area contributed by atoms with Gasteiger partial charge in [-0.1, -0.05) is 28.3 Å². The van der Waals surface area contributed by atoms with E-state index < -0.39 is 5.91 Å². The van der Waals surface area contributed by atoms with Crippen molar-refractivity contribution in [2.45, 2.75) is 11.3 Å². The Labute approximate surface area is 166 Å². The van der Waals surface area contributed by atoms with Crippen molar-refractivity contribution in [1.82, 2.24) is 15.4 Å². The quantitative estimate of drug-likeness (QED) is 0.457. The van der Waals surface area contributed by atoms with Crippen LogP contribution in [0.25, 0.3) is 0 Å². The molecule has 1 aliphatic rings. The van der Waals surface area contributed by atoms with Crippen molar-refractivity contribution in [1.29, 1.82) is 0 Å². The first kappa shape index (κ1) is 18.3. The van der Waals surface area contributed by atoms with Crippen molar-refractivity contribution in [3.8, 4) is 11.5 Å². The highest BCUT2D eigenvalue weighted by atomic mass is 32.2. The normalized spacial score (nSPS) is 12.0. The lowest BCUT2D eigenvalue weighted by atomic mass is 10.3. The second kappa shape index (κ2) is 7.86. The van der Waals surface area contributed by atoms with Crippen molar-refractivity contribution in [3.63, 3.8) is 0 Å². The molecule has 2 amide bonds. The zero-order valence-corrected chi connectivity index (χ0v) is 16.1. The number of rotatable bonds is 6. The average Bonchev–Trinajstić information content (AvgIpc) is 3.40. The van der Waals surface area contributed by atoms with Gasteiger partial charge in [-0.25, -0.2) is 0 Å². The van der Waals surface area contributed by atoms with Crippen molar-refractivity contribution >= 4 is 45.7 Å². The molecule has 2 N–H and O–H groups in total. The van der Waals surface area contributed by atoms with Crippen LogP contribution in [0.5, 0.6) is 11.5 Å². The van der Waals surface area contributed by atoms with Gasteiger partial charge in [0.1, 0.15) is 5.76 Å². The molecular formula is C16H13N5O5S2. The SMILES string of the molecule is Cc1cc(C(=O)Nc2nnc(SCC(=O)Nc3ccc4c(c3)OCO4)s2)no1. The predicted octanol–water partition coefficient (Wildman–Crippen LogP) is 2.55. The van der Waals surface area contributed by atoms with E-state index in [9.17, 15) is 9.59 Å². The summed E-state index contributed by atoms with van der Waals surface area (Å²) in [6.07, 6.45) is 0. The number of hydrogen-bond acceptors (Lipinski definition) is 10. The summed E-state index contributed by atoms with van der Waals surface area (Å²) < 4.78 is 15.9. The van der Waals surface area contributed by atoms with Gasteiger partial charge in [-0.3, -0.25) is 14.9 Å². The van der Waals surface area contributed by atoms with Gasteiger partial charge >= 0.3 is 0 Å². The maximum absolute atomic E-state index is 12.1. The van der Waals surface area contributed by atoms with E-state index in [0.29, 0.717) is 32.4 Å². The summed E-state index contributed by atoms with van der Waals surface area (Å²) in [5.41, 5.74) is 0.771. The van der Waals surface area contributed by atoms with Crippen LogP contribution in [0.4, 0.5) is 10.8 Å². The molecule has 2 aromatic heterocycles. The third-order valence-corrected chi connectivity index (χ3v) is 5.44. The minimum atomic E-state index is -0.440. The first-order valence-electron chi connectivity index (χ1n) is 7.97. The van der Waals surface area contributed by atoms with Gasteiger partial charge in [-0.05, 0) is 19.1 Å².